The molecule has 70 valence electrons. The van der Waals surface area contributed by atoms with Crippen molar-refractivity contribution in [2.75, 3.05) is 14.2 Å². The Kier molecular flexibility index (Phi) is 3.28. The minimum atomic E-state index is 0.0881. The predicted molar refractivity (Wildman–Crippen MR) is 50.0 cm³/mol. The zero-order chi connectivity index (χ0) is 9.68. The summed E-state index contributed by atoms with van der Waals surface area (Å²) in [4.78, 5) is 4.79. The summed E-state index contributed by atoms with van der Waals surface area (Å²) in [5.41, 5.74) is 3.14. The summed E-state index contributed by atoms with van der Waals surface area (Å²) in [6.45, 7) is 0. The van der Waals surface area contributed by atoms with Gasteiger partial charge in [0.2, 0.25) is 5.90 Å². The van der Waals surface area contributed by atoms with E-state index in [4.69, 9.17) is 15.0 Å². The highest BCUT2D eigenvalue weighted by Gasteiger charge is 2.01. The van der Waals surface area contributed by atoms with Gasteiger partial charge < -0.3 is 9.57 Å². The lowest BCUT2D eigenvalue weighted by Crippen LogP contribution is -2.14. The fraction of sp³-hybridized carbons (Fsp3) is 0.222. The molecule has 0 radical (unpaired) electrons. The highest BCUT2D eigenvalue weighted by molar-refractivity contribution is 5.91. The molecule has 0 saturated heterocycles. The number of hydrogen-bond donors (Lipinski definition) is 2. The zero-order valence-electron chi connectivity index (χ0n) is 7.63. The van der Waals surface area contributed by atoms with Gasteiger partial charge in [-0.05, 0) is 24.3 Å². The largest absolute Gasteiger partial charge is 0.497 e. The van der Waals surface area contributed by atoms with Crippen LogP contribution in [0.5, 0.6) is 5.75 Å². The number of ether oxygens (including phenoxy) is 1. The Bertz CT molecular complexity index is 282. The molecule has 0 aromatic heterocycles. The topological polar surface area (TPSA) is 54.3 Å². The van der Waals surface area contributed by atoms with Crippen molar-refractivity contribution in [3.05, 3.63) is 29.8 Å². The van der Waals surface area contributed by atoms with Crippen molar-refractivity contribution in [1.29, 1.82) is 5.41 Å². The van der Waals surface area contributed by atoms with Gasteiger partial charge in [-0.1, -0.05) is 0 Å². The van der Waals surface area contributed by atoms with Crippen LogP contribution in [0.4, 0.5) is 0 Å². The molecular weight excluding hydrogens is 168 g/mol. The molecule has 0 aliphatic heterocycles. The van der Waals surface area contributed by atoms with Crippen molar-refractivity contribution >= 4 is 5.90 Å². The molecule has 1 aromatic carbocycles. The molecule has 0 atom stereocenters. The summed E-state index contributed by atoms with van der Waals surface area (Å²) in [5.74, 6) is 0.853. The maximum Gasteiger partial charge on any atom is 0.237 e. The van der Waals surface area contributed by atoms with E-state index in [0.717, 1.165) is 5.75 Å². The van der Waals surface area contributed by atoms with E-state index in [2.05, 4.69) is 5.48 Å². The van der Waals surface area contributed by atoms with Gasteiger partial charge in [0.25, 0.3) is 0 Å². The third kappa shape index (κ3) is 2.45. The maximum atomic E-state index is 7.43. The number of rotatable bonds is 3. The monoisotopic (exact) mass is 180 g/mol. The SMILES string of the molecule is CNOC(=N)c1ccc(OC)cc1. The van der Waals surface area contributed by atoms with Gasteiger partial charge in [-0.25, -0.2) is 0 Å². The lowest BCUT2D eigenvalue weighted by Gasteiger charge is -2.05. The summed E-state index contributed by atoms with van der Waals surface area (Å²) in [7, 11) is 3.21. The van der Waals surface area contributed by atoms with Crippen molar-refractivity contribution < 1.29 is 9.57 Å². The Hall–Kier alpha value is -1.55. The van der Waals surface area contributed by atoms with Crippen molar-refractivity contribution in [3.63, 3.8) is 0 Å². The highest BCUT2D eigenvalue weighted by atomic mass is 16.6. The van der Waals surface area contributed by atoms with Gasteiger partial charge in [0.15, 0.2) is 0 Å². The van der Waals surface area contributed by atoms with Crippen LogP contribution in [-0.2, 0) is 4.84 Å². The van der Waals surface area contributed by atoms with E-state index in [0.29, 0.717) is 5.56 Å². The minimum absolute atomic E-state index is 0.0881. The van der Waals surface area contributed by atoms with Gasteiger partial charge in [-0.15, -0.1) is 0 Å². The molecule has 0 spiro atoms. The van der Waals surface area contributed by atoms with E-state index in [1.807, 2.05) is 0 Å². The second-order valence-electron chi connectivity index (χ2n) is 2.36. The highest BCUT2D eigenvalue weighted by Crippen LogP contribution is 2.11. The fourth-order valence-corrected chi connectivity index (χ4v) is 0.903. The third-order valence-corrected chi connectivity index (χ3v) is 1.56. The van der Waals surface area contributed by atoms with E-state index >= 15 is 0 Å². The molecule has 4 heteroatoms. The van der Waals surface area contributed by atoms with Crippen LogP contribution in [0.3, 0.4) is 0 Å². The summed E-state index contributed by atoms with van der Waals surface area (Å²) < 4.78 is 4.98. The molecule has 1 rings (SSSR count). The maximum absolute atomic E-state index is 7.43. The Labute approximate surface area is 76.9 Å². The second kappa shape index (κ2) is 4.47. The Morgan fingerprint density at radius 1 is 1.31 bits per heavy atom. The van der Waals surface area contributed by atoms with Crippen molar-refractivity contribution in [1.82, 2.24) is 5.48 Å². The van der Waals surface area contributed by atoms with Gasteiger partial charge in [-0.3, -0.25) is 5.41 Å². The molecule has 0 bridgehead atoms. The third-order valence-electron chi connectivity index (χ3n) is 1.56. The number of methoxy groups -OCH3 is 1. The second-order valence-corrected chi connectivity index (χ2v) is 2.36. The first-order valence-electron chi connectivity index (χ1n) is 3.84. The number of benzene rings is 1. The van der Waals surface area contributed by atoms with E-state index in [-0.39, 0.29) is 5.90 Å². The molecule has 0 saturated carbocycles. The van der Waals surface area contributed by atoms with Crippen molar-refractivity contribution in [2.24, 2.45) is 0 Å². The van der Waals surface area contributed by atoms with Crippen molar-refractivity contribution in [3.8, 4) is 5.75 Å². The normalized spacial score (nSPS) is 9.38. The molecule has 2 N–H and O–H groups in total. The van der Waals surface area contributed by atoms with E-state index in [9.17, 15) is 0 Å². The standard InChI is InChI=1S/C9H12N2O2/c1-11-13-9(10)7-3-5-8(12-2)6-4-7/h3-6,10-11H,1-2H3. The van der Waals surface area contributed by atoms with Crippen molar-refractivity contribution in [2.45, 2.75) is 0 Å². The number of hydroxylamine groups is 1. The zero-order valence-corrected chi connectivity index (χ0v) is 7.63. The molecule has 0 aliphatic carbocycles. The molecule has 0 amide bonds. The molecule has 4 nitrogen and oxygen atoms in total. The lowest BCUT2D eigenvalue weighted by molar-refractivity contribution is 0.208. The first-order valence-corrected chi connectivity index (χ1v) is 3.84. The fourth-order valence-electron chi connectivity index (χ4n) is 0.903. The van der Waals surface area contributed by atoms with Crippen LogP contribution in [0, 0.1) is 5.41 Å². The van der Waals surface area contributed by atoms with Crippen LogP contribution < -0.4 is 10.2 Å². The van der Waals surface area contributed by atoms with Crippen LogP contribution in [0.25, 0.3) is 0 Å². The molecule has 0 fully saturated rings. The molecule has 0 heterocycles. The molecule has 0 aliphatic rings. The van der Waals surface area contributed by atoms with Crippen LogP contribution in [-0.4, -0.2) is 20.1 Å². The minimum Gasteiger partial charge on any atom is -0.497 e. The smallest absolute Gasteiger partial charge is 0.237 e. The number of hydrogen-bond acceptors (Lipinski definition) is 4. The number of nitrogens with one attached hydrogen (secondary N) is 2. The summed E-state index contributed by atoms with van der Waals surface area (Å²) in [6, 6.07) is 7.09. The van der Waals surface area contributed by atoms with Gasteiger partial charge in [0, 0.05) is 12.6 Å². The molecule has 13 heavy (non-hydrogen) atoms. The van der Waals surface area contributed by atoms with Gasteiger partial charge in [-0.2, -0.15) is 5.48 Å². The molecule has 0 unspecified atom stereocenters. The Morgan fingerprint density at radius 2 is 1.92 bits per heavy atom. The first-order chi connectivity index (χ1) is 6.27. The van der Waals surface area contributed by atoms with Gasteiger partial charge >= 0.3 is 0 Å². The lowest BCUT2D eigenvalue weighted by atomic mass is 10.2. The van der Waals surface area contributed by atoms with Gasteiger partial charge in [0.1, 0.15) is 5.75 Å². The van der Waals surface area contributed by atoms with E-state index in [1.54, 1.807) is 38.4 Å². The molecular formula is C9H12N2O2. The summed E-state index contributed by atoms with van der Waals surface area (Å²) in [6.07, 6.45) is 0. The first kappa shape index (κ1) is 9.54. The van der Waals surface area contributed by atoms with E-state index in [1.165, 1.54) is 0 Å². The van der Waals surface area contributed by atoms with E-state index < -0.39 is 0 Å². The Balaban J connectivity index is 2.74. The quantitative estimate of drug-likeness (QED) is 0.417. The Morgan fingerprint density at radius 3 is 2.38 bits per heavy atom. The predicted octanol–water partition coefficient (Wildman–Crippen LogP) is 1.17. The summed E-state index contributed by atoms with van der Waals surface area (Å²) >= 11 is 0. The van der Waals surface area contributed by atoms with Crippen LogP contribution in [0.1, 0.15) is 5.56 Å². The average Bonchev–Trinajstić information content (AvgIpc) is 2.18. The van der Waals surface area contributed by atoms with Crippen LogP contribution in [0.15, 0.2) is 24.3 Å². The average molecular weight is 180 g/mol. The van der Waals surface area contributed by atoms with Crippen LogP contribution >= 0.6 is 0 Å². The van der Waals surface area contributed by atoms with Gasteiger partial charge in [0.05, 0.1) is 7.11 Å². The molecule has 1 aromatic rings. The van der Waals surface area contributed by atoms with Crippen LogP contribution in [0.2, 0.25) is 0 Å². The summed E-state index contributed by atoms with van der Waals surface area (Å²) in [5, 5.41) is 7.43.